The van der Waals surface area contributed by atoms with Crippen LogP contribution in [0.4, 0.5) is 5.69 Å². The monoisotopic (exact) mass is 372 g/mol. The van der Waals surface area contributed by atoms with Crippen LogP contribution in [0, 0.1) is 0 Å². The van der Waals surface area contributed by atoms with Gasteiger partial charge >= 0.3 is 0 Å². The zero-order valence-electron chi connectivity index (χ0n) is 14.4. The van der Waals surface area contributed by atoms with Crippen LogP contribution in [0.1, 0.15) is 16.1 Å². The van der Waals surface area contributed by atoms with Gasteiger partial charge in [0.2, 0.25) is 6.41 Å². The molecule has 1 saturated heterocycles. The highest BCUT2D eigenvalue weighted by Crippen LogP contribution is 2.16. The third-order valence-electron chi connectivity index (χ3n) is 4.42. The van der Waals surface area contributed by atoms with Crippen molar-refractivity contribution in [2.24, 2.45) is 0 Å². The number of rotatable bonds is 6. The van der Waals surface area contributed by atoms with Crippen molar-refractivity contribution < 1.29 is 9.59 Å². The van der Waals surface area contributed by atoms with Gasteiger partial charge in [0.1, 0.15) is 5.69 Å². The van der Waals surface area contributed by atoms with Crippen LogP contribution in [0.5, 0.6) is 0 Å². The number of carbonyl (C=O) groups excluding carboxylic acids is 2. The molecule has 1 aromatic carbocycles. The molecule has 7 heteroatoms. The van der Waals surface area contributed by atoms with E-state index in [2.05, 4.69) is 15.2 Å². The molecule has 0 atom stereocenters. The van der Waals surface area contributed by atoms with Crippen molar-refractivity contribution in [3.63, 3.8) is 0 Å². The molecule has 1 aliphatic heterocycles. The second-order valence-electron chi connectivity index (χ2n) is 6.16. The maximum absolute atomic E-state index is 12.4. The van der Waals surface area contributed by atoms with Crippen molar-refractivity contribution in [1.82, 2.24) is 15.2 Å². The van der Waals surface area contributed by atoms with Crippen molar-refractivity contribution in [2.75, 3.05) is 37.6 Å². The largest absolute Gasteiger partial charge is 0.368 e. The summed E-state index contributed by atoms with van der Waals surface area (Å²) in [6.45, 7) is 3.41. The van der Waals surface area contributed by atoms with E-state index >= 15 is 0 Å². The summed E-state index contributed by atoms with van der Waals surface area (Å²) in [7, 11) is 0. The third kappa shape index (κ3) is 4.73. The minimum absolute atomic E-state index is 0.188. The second-order valence-corrected chi connectivity index (χ2v) is 6.60. The number of nitrogens with zero attached hydrogens (tertiary/aromatic N) is 3. The predicted octanol–water partition coefficient (Wildman–Crippen LogP) is 1.99. The van der Waals surface area contributed by atoms with E-state index in [4.69, 9.17) is 11.6 Å². The highest BCUT2D eigenvalue weighted by Gasteiger charge is 2.17. The van der Waals surface area contributed by atoms with Crippen molar-refractivity contribution >= 4 is 29.6 Å². The number of amides is 2. The summed E-state index contributed by atoms with van der Waals surface area (Å²) in [5.41, 5.74) is 2.47. The molecule has 1 aliphatic rings. The van der Waals surface area contributed by atoms with E-state index in [0.717, 1.165) is 37.2 Å². The van der Waals surface area contributed by atoms with Gasteiger partial charge in [-0.1, -0.05) is 23.7 Å². The van der Waals surface area contributed by atoms with E-state index in [9.17, 15) is 9.59 Å². The SMILES string of the molecule is O=CN1CCN(c2ccnc(C(=O)NCCc3ccc(Cl)cc3)c2)CC1. The molecule has 0 bridgehead atoms. The standard InChI is InChI=1S/C19H21ClN4O2/c20-16-3-1-15(2-4-16)5-7-22-19(26)18-13-17(6-8-21-18)24-11-9-23(14-25)10-12-24/h1-4,6,8,13-14H,5,7,9-12H2,(H,22,26). The van der Waals surface area contributed by atoms with Gasteiger partial charge in [0.05, 0.1) is 0 Å². The number of aromatic nitrogens is 1. The summed E-state index contributed by atoms with van der Waals surface area (Å²) < 4.78 is 0. The topological polar surface area (TPSA) is 65.5 Å². The van der Waals surface area contributed by atoms with Crippen LogP contribution in [-0.4, -0.2) is 54.9 Å². The zero-order valence-corrected chi connectivity index (χ0v) is 15.2. The Morgan fingerprint density at radius 2 is 1.88 bits per heavy atom. The lowest BCUT2D eigenvalue weighted by Gasteiger charge is -2.34. The Morgan fingerprint density at radius 1 is 1.15 bits per heavy atom. The molecule has 1 N–H and O–H groups in total. The number of halogens is 1. The molecule has 0 unspecified atom stereocenters. The van der Waals surface area contributed by atoms with Gasteiger partial charge in [0.25, 0.3) is 5.91 Å². The fourth-order valence-electron chi connectivity index (χ4n) is 2.89. The predicted molar refractivity (Wildman–Crippen MR) is 102 cm³/mol. The zero-order chi connectivity index (χ0) is 18.4. The van der Waals surface area contributed by atoms with Crippen LogP contribution in [0.3, 0.4) is 0 Å². The van der Waals surface area contributed by atoms with E-state index < -0.39 is 0 Å². The Kier molecular flexibility index (Phi) is 6.07. The Bertz CT molecular complexity index is 758. The first-order chi connectivity index (χ1) is 12.7. The Hall–Kier alpha value is -2.60. The summed E-state index contributed by atoms with van der Waals surface area (Å²) in [6, 6.07) is 11.3. The number of hydrogen-bond acceptors (Lipinski definition) is 4. The maximum Gasteiger partial charge on any atom is 0.269 e. The van der Waals surface area contributed by atoms with E-state index in [-0.39, 0.29) is 5.91 Å². The molecule has 6 nitrogen and oxygen atoms in total. The number of hydrogen-bond donors (Lipinski definition) is 1. The molecule has 0 radical (unpaired) electrons. The van der Waals surface area contributed by atoms with Crippen molar-refractivity contribution in [3.05, 3.63) is 58.9 Å². The molecular formula is C19H21ClN4O2. The lowest BCUT2D eigenvalue weighted by molar-refractivity contribution is -0.118. The van der Waals surface area contributed by atoms with Crippen LogP contribution in [0.2, 0.25) is 5.02 Å². The minimum Gasteiger partial charge on any atom is -0.368 e. The van der Waals surface area contributed by atoms with Crippen molar-refractivity contribution in [3.8, 4) is 0 Å². The minimum atomic E-state index is -0.188. The first-order valence-corrected chi connectivity index (χ1v) is 8.96. The fraction of sp³-hybridized carbons (Fsp3) is 0.316. The molecule has 1 aromatic heterocycles. The van der Waals surface area contributed by atoms with Crippen LogP contribution in [0.25, 0.3) is 0 Å². The van der Waals surface area contributed by atoms with Crippen molar-refractivity contribution in [2.45, 2.75) is 6.42 Å². The smallest absolute Gasteiger partial charge is 0.269 e. The van der Waals surface area contributed by atoms with Gasteiger partial charge < -0.3 is 15.1 Å². The normalized spacial score (nSPS) is 14.2. The number of pyridine rings is 1. The molecule has 2 amide bonds. The van der Waals surface area contributed by atoms with Gasteiger partial charge in [0, 0.05) is 49.6 Å². The molecule has 136 valence electrons. The Labute approximate surface area is 157 Å². The lowest BCUT2D eigenvalue weighted by Crippen LogP contribution is -2.45. The molecule has 0 spiro atoms. The number of carbonyl (C=O) groups is 2. The molecule has 2 aromatic rings. The first-order valence-electron chi connectivity index (χ1n) is 8.59. The summed E-state index contributed by atoms with van der Waals surface area (Å²) in [5.74, 6) is -0.188. The van der Waals surface area contributed by atoms with Crippen LogP contribution >= 0.6 is 11.6 Å². The molecule has 2 heterocycles. The average molecular weight is 373 g/mol. The lowest BCUT2D eigenvalue weighted by atomic mass is 10.1. The van der Waals surface area contributed by atoms with E-state index in [1.807, 2.05) is 30.3 Å². The molecule has 0 saturated carbocycles. The van der Waals surface area contributed by atoms with E-state index in [1.165, 1.54) is 0 Å². The maximum atomic E-state index is 12.4. The van der Waals surface area contributed by atoms with Crippen LogP contribution < -0.4 is 10.2 Å². The number of piperazine rings is 1. The van der Waals surface area contributed by atoms with Gasteiger partial charge in [-0.25, -0.2) is 0 Å². The molecule has 1 fully saturated rings. The number of nitrogens with one attached hydrogen (secondary N) is 1. The fourth-order valence-corrected chi connectivity index (χ4v) is 3.01. The van der Waals surface area contributed by atoms with Gasteiger partial charge in [-0.05, 0) is 36.2 Å². The molecular weight excluding hydrogens is 352 g/mol. The first kappa shape index (κ1) is 18.2. The Morgan fingerprint density at radius 3 is 2.58 bits per heavy atom. The number of benzene rings is 1. The molecule has 26 heavy (non-hydrogen) atoms. The highest BCUT2D eigenvalue weighted by atomic mass is 35.5. The van der Waals surface area contributed by atoms with E-state index in [0.29, 0.717) is 30.4 Å². The third-order valence-corrected chi connectivity index (χ3v) is 4.67. The van der Waals surface area contributed by atoms with Crippen LogP contribution in [-0.2, 0) is 11.2 Å². The summed E-state index contributed by atoms with van der Waals surface area (Å²) >= 11 is 5.87. The molecule has 0 aliphatic carbocycles. The average Bonchev–Trinajstić information content (AvgIpc) is 2.69. The summed E-state index contributed by atoms with van der Waals surface area (Å²) in [4.78, 5) is 31.2. The second kappa shape index (κ2) is 8.67. The van der Waals surface area contributed by atoms with E-state index in [1.54, 1.807) is 17.2 Å². The van der Waals surface area contributed by atoms with Gasteiger partial charge in [0.15, 0.2) is 0 Å². The quantitative estimate of drug-likeness (QED) is 0.787. The summed E-state index contributed by atoms with van der Waals surface area (Å²) in [5, 5.41) is 3.60. The van der Waals surface area contributed by atoms with Crippen molar-refractivity contribution in [1.29, 1.82) is 0 Å². The van der Waals surface area contributed by atoms with Crippen LogP contribution in [0.15, 0.2) is 42.6 Å². The summed E-state index contributed by atoms with van der Waals surface area (Å²) in [6.07, 6.45) is 3.26. The van der Waals surface area contributed by atoms with Gasteiger partial charge in [-0.3, -0.25) is 14.6 Å². The van der Waals surface area contributed by atoms with Gasteiger partial charge in [-0.2, -0.15) is 0 Å². The Balaban J connectivity index is 1.54. The van der Waals surface area contributed by atoms with Gasteiger partial charge in [-0.15, -0.1) is 0 Å². The molecule has 3 rings (SSSR count). The number of anilines is 1. The highest BCUT2D eigenvalue weighted by molar-refractivity contribution is 6.30.